The van der Waals surface area contributed by atoms with Crippen LogP contribution in [0.25, 0.3) is 0 Å². The SMILES string of the molecule is COc1ccc(C(C)(C)C(=O)O)c(NC(=O)OC(C)(C)C)c1. The Hall–Kier alpha value is -2.24. The number of carbonyl (C=O) groups excluding carboxylic acids is 1. The number of benzene rings is 1. The van der Waals surface area contributed by atoms with Crippen LogP contribution in [0.2, 0.25) is 0 Å². The summed E-state index contributed by atoms with van der Waals surface area (Å²) < 4.78 is 10.3. The molecule has 0 unspecified atom stereocenters. The molecule has 0 atom stereocenters. The highest BCUT2D eigenvalue weighted by Crippen LogP contribution is 2.33. The number of carbonyl (C=O) groups is 2. The second-order valence-corrected chi connectivity index (χ2v) is 6.47. The number of methoxy groups -OCH3 is 1. The summed E-state index contributed by atoms with van der Waals surface area (Å²) >= 11 is 0. The van der Waals surface area contributed by atoms with E-state index < -0.39 is 23.1 Å². The third-order valence-corrected chi connectivity index (χ3v) is 3.07. The molecule has 0 spiro atoms. The van der Waals surface area contributed by atoms with E-state index in [1.54, 1.807) is 52.8 Å². The van der Waals surface area contributed by atoms with Crippen molar-refractivity contribution in [1.82, 2.24) is 0 Å². The topological polar surface area (TPSA) is 84.9 Å². The fourth-order valence-corrected chi connectivity index (χ4v) is 1.83. The van der Waals surface area contributed by atoms with Crippen molar-refractivity contribution in [3.8, 4) is 5.75 Å². The molecular weight excluding hydrogens is 286 g/mol. The maximum absolute atomic E-state index is 12.0. The Morgan fingerprint density at radius 2 is 1.73 bits per heavy atom. The van der Waals surface area contributed by atoms with E-state index >= 15 is 0 Å². The van der Waals surface area contributed by atoms with Crippen LogP contribution in [-0.4, -0.2) is 29.9 Å². The molecule has 1 rings (SSSR count). The van der Waals surface area contributed by atoms with Crippen molar-refractivity contribution in [1.29, 1.82) is 0 Å². The lowest BCUT2D eigenvalue weighted by molar-refractivity contribution is -0.142. The number of carboxylic acids is 1. The van der Waals surface area contributed by atoms with Crippen molar-refractivity contribution < 1.29 is 24.2 Å². The predicted octanol–water partition coefficient (Wildman–Crippen LogP) is 3.40. The quantitative estimate of drug-likeness (QED) is 0.890. The van der Waals surface area contributed by atoms with E-state index in [0.717, 1.165) is 0 Å². The largest absolute Gasteiger partial charge is 0.497 e. The molecule has 0 saturated heterocycles. The summed E-state index contributed by atoms with van der Waals surface area (Å²) in [6.07, 6.45) is -0.650. The monoisotopic (exact) mass is 309 g/mol. The molecule has 1 aromatic rings. The van der Waals surface area contributed by atoms with Gasteiger partial charge in [0, 0.05) is 6.07 Å². The zero-order valence-corrected chi connectivity index (χ0v) is 13.8. The molecule has 6 heteroatoms. The summed E-state index contributed by atoms with van der Waals surface area (Å²) in [7, 11) is 1.49. The zero-order chi connectivity index (χ0) is 17.1. The van der Waals surface area contributed by atoms with E-state index in [1.165, 1.54) is 7.11 Å². The Morgan fingerprint density at radius 1 is 1.14 bits per heavy atom. The molecule has 0 aromatic heterocycles. The Balaban J connectivity index is 3.20. The van der Waals surface area contributed by atoms with E-state index in [-0.39, 0.29) is 0 Å². The van der Waals surface area contributed by atoms with Crippen LogP contribution in [0.15, 0.2) is 18.2 Å². The van der Waals surface area contributed by atoms with Crippen molar-refractivity contribution in [3.63, 3.8) is 0 Å². The number of anilines is 1. The van der Waals surface area contributed by atoms with Gasteiger partial charge in [0.05, 0.1) is 18.2 Å². The molecule has 0 aliphatic carbocycles. The third-order valence-electron chi connectivity index (χ3n) is 3.07. The lowest BCUT2D eigenvalue weighted by Gasteiger charge is -2.25. The fraction of sp³-hybridized carbons (Fsp3) is 0.500. The van der Waals surface area contributed by atoms with Gasteiger partial charge in [0.2, 0.25) is 0 Å². The summed E-state index contributed by atoms with van der Waals surface area (Å²) in [4.78, 5) is 23.4. The van der Waals surface area contributed by atoms with Gasteiger partial charge in [-0.15, -0.1) is 0 Å². The first kappa shape index (κ1) is 17.8. The van der Waals surface area contributed by atoms with E-state index in [0.29, 0.717) is 17.0 Å². The van der Waals surface area contributed by atoms with Crippen molar-refractivity contribution in [2.75, 3.05) is 12.4 Å². The number of aliphatic carboxylic acids is 1. The number of hydrogen-bond acceptors (Lipinski definition) is 4. The molecule has 0 saturated carbocycles. The molecule has 22 heavy (non-hydrogen) atoms. The third kappa shape index (κ3) is 4.38. The molecular formula is C16H23NO5. The Labute approximate surface area is 130 Å². The highest BCUT2D eigenvalue weighted by Gasteiger charge is 2.32. The summed E-state index contributed by atoms with van der Waals surface area (Å²) in [5.74, 6) is -0.485. The smallest absolute Gasteiger partial charge is 0.412 e. The number of nitrogens with one attached hydrogen (secondary N) is 1. The van der Waals surface area contributed by atoms with Gasteiger partial charge in [0.1, 0.15) is 11.4 Å². The van der Waals surface area contributed by atoms with E-state index in [1.807, 2.05) is 0 Å². The molecule has 0 heterocycles. The molecule has 2 N–H and O–H groups in total. The lowest BCUT2D eigenvalue weighted by atomic mass is 9.83. The molecule has 122 valence electrons. The second kappa shape index (κ2) is 6.25. The van der Waals surface area contributed by atoms with Crippen LogP contribution in [0.1, 0.15) is 40.2 Å². The fourth-order valence-electron chi connectivity index (χ4n) is 1.83. The molecule has 0 fully saturated rings. The molecule has 0 radical (unpaired) electrons. The normalized spacial score (nSPS) is 11.7. The summed E-state index contributed by atoms with van der Waals surface area (Å²) in [6.45, 7) is 8.38. The molecule has 0 aliphatic rings. The van der Waals surface area contributed by atoms with E-state index in [4.69, 9.17) is 9.47 Å². The molecule has 1 aromatic carbocycles. The number of hydrogen-bond donors (Lipinski definition) is 2. The van der Waals surface area contributed by atoms with Crippen molar-refractivity contribution in [2.45, 2.75) is 45.6 Å². The minimum absolute atomic E-state index is 0.348. The van der Waals surface area contributed by atoms with Gasteiger partial charge < -0.3 is 14.6 Å². The molecule has 6 nitrogen and oxygen atoms in total. The average Bonchev–Trinajstić information content (AvgIpc) is 2.35. The Morgan fingerprint density at radius 3 is 2.18 bits per heavy atom. The van der Waals surface area contributed by atoms with Crippen LogP contribution in [0.5, 0.6) is 5.75 Å². The van der Waals surface area contributed by atoms with Gasteiger partial charge in [0.25, 0.3) is 0 Å². The predicted molar refractivity (Wildman–Crippen MR) is 83.5 cm³/mol. The van der Waals surface area contributed by atoms with Crippen molar-refractivity contribution in [2.24, 2.45) is 0 Å². The molecule has 1 amide bonds. The van der Waals surface area contributed by atoms with Crippen LogP contribution in [0.4, 0.5) is 10.5 Å². The highest BCUT2D eigenvalue weighted by molar-refractivity contribution is 5.90. The average molecular weight is 309 g/mol. The van der Waals surface area contributed by atoms with Crippen molar-refractivity contribution in [3.05, 3.63) is 23.8 Å². The molecule has 0 bridgehead atoms. The highest BCUT2D eigenvalue weighted by atomic mass is 16.6. The zero-order valence-electron chi connectivity index (χ0n) is 13.8. The lowest BCUT2D eigenvalue weighted by Crippen LogP contribution is -2.32. The van der Waals surface area contributed by atoms with Gasteiger partial charge in [-0.05, 0) is 46.2 Å². The maximum atomic E-state index is 12.0. The minimum atomic E-state index is -1.17. The van der Waals surface area contributed by atoms with Gasteiger partial charge in [-0.25, -0.2) is 4.79 Å². The first-order chi connectivity index (χ1) is 9.97. The van der Waals surface area contributed by atoms with Crippen LogP contribution < -0.4 is 10.1 Å². The standard InChI is InChI=1S/C16H23NO5/c1-15(2,3)22-14(20)17-12-9-10(21-6)7-8-11(12)16(4,5)13(18)19/h7-9H,1-6H3,(H,17,20)(H,18,19). The van der Waals surface area contributed by atoms with Crippen LogP contribution in [0.3, 0.4) is 0 Å². The number of ether oxygens (including phenoxy) is 2. The van der Waals surface area contributed by atoms with Gasteiger partial charge in [-0.1, -0.05) is 6.07 Å². The summed E-state index contributed by atoms with van der Waals surface area (Å²) in [6, 6.07) is 4.85. The van der Waals surface area contributed by atoms with Crippen molar-refractivity contribution >= 4 is 17.7 Å². The first-order valence-corrected chi connectivity index (χ1v) is 6.89. The Kier molecular flexibility index (Phi) is 5.06. The molecule has 0 aliphatic heterocycles. The minimum Gasteiger partial charge on any atom is -0.497 e. The second-order valence-electron chi connectivity index (χ2n) is 6.47. The van der Waals surface area contributed by atoms with Gasteiger partial charge in [-0.3, -0.25) is 10.1 Å². The van der Waals surface area contributed by atoms with E-state index in [9.17, 15) is 14.7 Å². The maximum Gasteiger partial charge on any atom is 0.412 e. The van der Waals surface area contributed by atoms with Crippen LogP contribution in [0, 0.1) is 0 Å². The Bertz CT molecular complexity index is 572. The van der Waals surface area contributed by atoms with Gasteiger partial charge in [-0.2, -0.15) is 0 Å². The number of carboxylic acid groups (broad SMARTS) is 1. The number of rotatable bonds is 4. The van der Waals surface area contributed by atoms with Gasteiger partial charge >= 0.3 is 12.1 Å². The van der Waals surface area contributed by atoms with Crippen LogP contribution >= 0.6 is 0 Å². The van der Waals surface area contributed by atoms with Crippen LogP contribution in [-0.2, 0) is 14.9 Å². The number of amides is 1. The summed E-state index contributed by atoms with van der Waals surface area (Å²) in [5.41, 5.74) is -1.00. The van der Waals surface area contributed by atoms with Gasteiger partial charge in [0.15, 0.2) is 0 Å². The summed E-state index contributed by atoms with van der Waals surface area (Å²) in [5, 5.41) is 12.0. The van der Waals surface area contributed by atoms with E-state index in [2.05, 4.69) is 5.32 Å². The first-order valence-electron chi connectivity index (χ1n) is 6.89.